The smallest absolute Gasteiger partial charge is 0.243 e. The number of hydrogen-bond donors (Lipinski definition) is 2. The zero-order chi connectivity index (χ0) is 21.7. The molecule has 0 bridgehead atoms. The van der Waals surface area contributed by atoms with E-state index in [9.17, 15) is 13.2 Å². The first-order valence-electron chi connectivity index (χ1n) is 9.58. The molecule has 1 amide bonds. The van der Waals surface area contributed by atoms with E-state index in [1.165, 1.54) is 46.6 Å². The Balaban J connectivity index is 1.66. The summed E-state index contributed by atoms with van der Waals surface area (Å²) in [5, 5.41) is 14.9. The fourth-order valence-corrected chi connectivity index (χ4v) is 5.81. The van der Waals surface area contributed by atoms with Crippen LogP contribution in [-0.4, -0.2) is 60.8 Å². The molecule has 0 radical (unpaired) electrons. The maximum atomic E-state index is 12.8. The molecule has 1 fully saturated rings. The number of methoxy groups -OCH3 is 1. The van der Waals surface area contributed by atoms with Gasteiger partial charge in [-0.15, -0.1) is 10.2 Å². The van der Waals surface area contributed by atoms with E-state index >= 15 is 0 Å². The summed E-state index contributed by atoms with van der Waals surface area (Å²) in [6.07, 6.45) is 2.30. The van der Waals surface area contributed by atoms with E-state index in [2.05, 4.69) is 20.8 Å². The lowest BCUT2D eigenvalue weighted by Crippen LogP contribution is -2.30. The van der Waals surface area contributed by atoms with Crippen LogP contribution in [0.1, 0.15) is 26.7 Å². The lowest BCUT2D eigenvalue weighted by atomic mass is 10.3. The number of carbonyl (C=O) groups is 1. The molecule has 164 valence electrons. The van der Waals surface area contributed by atoms with Crippen LogP contribution in [0.2, 0.25) is 0 Å². The van der Waals surface area contributed by atoms with Crippen LogP contribution in [0.25, 0.3) is 0 Å². The molecule has 0 atom stereocenters. The van der Waals surface area contributed by atoms with Crippen molar-refractivity contribution in [1.82, 2.24) is 14.5 Å². The second-order valence-electron chi connectivity index (χ2n) is 6.58. The molecule has 1 aliphatic rings. The molecular weight excluding hydrogens is 446 g/mol. The summed E-state index contributed by atoms with van der Waals surface area (Å²) in [4.78, 5) is 12.6. The zero-order valence-corrected chi connectivity index (χ0v) is 19.5. The molecule has 12 heteroatoms. The van der Waals surface area contributed by atoms with Gasteiger partial charge in [-0.05, 0) is 31.0 Å². The first kappa shape index (κ1) is 22.8. The summed E-state index contributed by atoms with van der Waals surface area (Å²) in [7, 11) is -2.18. The molecule has 1 saturated carbocycles. The highest BCUT2D eigenvalue weighted by molar-refractivity contribution is 8.01. The van der Waals surface area contributed by atoms with Crippen LogP contribution in [0, 0.1) is 0 Å². The Bertz CT molecular complexity index is 987. The number of sulfonamides is 1. The second-order valence-corrected chi connectivity index (χ2v) is 10.7. The minimum absolute atomic E-state index is 0.106. The van der Waals surface area contributed by atoms with Gasteiger partial charge in [0.15, 0.2) is 4.34 Å². The highest BCUT2D eigenvalue weighted by atomic mass is 32.2. The van der Waals surface area contributed by atoms with Gasteiger partial charge in [0.1, 0.15) is 5.75 Å². The van der Waals surface area contributed by atoms with Crippen LogP contribution < -0.4 is 15.4 Å². The highest BCUT2D eigenvalue weighted by Gasteiger charge is 2.24. The van der Waals surface area contributed by atoms with E-state index in [0.29, 0.717) is 34.9 Å². The Hall–Kier alpha value is -1.89. The van der Waals surface area contributed by atoms with Crippen LogP contribution >= 0.6 is 23.1 Å². The summed E-state index contributed by atoms with van der Waals surface area (Å²) in [5.41, 5.74) is 0.310. The van der Waals surface area contributed by atoms with E-state index in [4.69, 9.17) is 4.74 Å². The van der Waals surface area contributed by atoms with Gasteiger partial charge < -0.3 is 15.4 Å². The normalized spacial score (nSPS) is 14.0. The summed E-state index contributed by atoms with van der Waals surface area (Å²) in [6, 6.07) is 4.94. The van der Waals surface area contributed by atoms with E-state index in [-0.39, 0.29) is 16.6 Å². The number of hydrogen-bond acceptors (Lipinski definition) is 9. The van der Waals surface area contributed by atoms with Crippen molar-refractivity contribution in [2.24, 2.45) is 0 Å². The third-order valence-corrected chi connectivity index (χ3v) is 8.46. The molecule has 9 nitrogen and oxygen atoms in total. The molecule has 0 spiro atoms. The zero-order valence-electron chi connectivity index (χ0n) is 17.0. The van der Waals surface area contributed by atoms with Crippen molar-refractivity contribution in [3.05, 3.63) is 18.2 Å². The Morgan fingerprint density at radius 3 is 2.67 bits per heavy atom. The lowest BCUT2D eigenvalue weighted by molar-refractivity contribution is -0.113. The molecule has 0 unspecified atom stereocenters. The first-order chi connectivity index (χ1) is 14.4. The van der Waals surface area contributed by atoms with Crippen LogP contribution in [-0.2, 0) is 14.8 Å². The largest absolute Gasteiger partial charge is 0.495 e. The number of carbonyl (C=O) groups excluding carboxylic acids is 1. The number of anilines is 2. The van der Waals surface area contributed by atoms with Crippen molar-refractivity contribution < 1.29 is 17.9 Å². The van der Waals surface area contributed by atoms with Gasteiger partial charge in [0.2, 0.25) is 21.1 Å². The molecule has 2 aromatic rings. The van der Waals surface area contributed by atoms with Crippen molar-refractivity contribution >= 4 is 49.8 Å². The second kappa shape index (κ2) is 9.94. The molecule has 1 aliphatic carbocycles. The van der Waals surface area contributed by atoms with Gasteiger partial charge in [-0.1, -0.05) is 36.9 Å². The van der Waals surface area contributed by atoms with Crippen molar-refractivity contribution in [3.8, 4) is 5.75 Å². The van der Waals surface area contributed by atoms with Gasteiger partial charge >= 0.3 is 0 Å². The standard InChI is InChI=1S/C18H25N5O4S3/c1-4-23(5-2)30(25,26)13-8-9-15(27-3)14(10-13)20-16(24)11-28-18-22-21-17(29-18)19-12-6-7-12/h8-10,12H,4-7,11H2,1-3H3,(H,19,21)(H,20,24). The van der Waals surface area contributed by atoms with Crippen LogP contribution in [0.3, 0.4) is 0 Å². The van der Waals surface area contributed by atoms with Gasteiger partial charge in [-0.25, -0.2) is 8.42 Å². The molecule has 0 aliphatic heterocycles. The van der Waals surface area contributed by atoms with Gasteiger partial charge in [0.25, 0.3) is 0 Å². The van der Waals surface area contributed by atoms with Gasteiger partial charge in [0, 0.05) is 19.1 Å². The summed E-state index contributed by atoms with van der Waals surface area (Å²) >= 11 is 2.69. The number of thioether (sulfide) groups is 1. The lowest BCUT2D eigenvalue weighted by Gasteiger charge is -2.19. The molecule has 1 heterocycles. The monoisotopic (exact) mass is 471 g/mol. The molecule has 1 aromatic carbocycles. The molecule has 0 saturated heterocycles. The van der Waals surface area contributed by atoms with Crippen LogP contribution in [0.5, 0.6) is 5.75 Å². The van der Waals surface area contributed by atoms with Crippen LogP contribution in [0.4, 0.5) is 10.8 Å². The van der Waals surface area contributed by atoms with Gasteiger partial charge in [-0.3, -0.25) is 4.79 Å². The van der Waals surface area contributed by atoms with Gasteiger partial charge in [-0.2, -0.15) is 4.31 Å². The van der Waals surface area contributed by atoms with Crippen molar-refractivity contribution in [2.75, 3.05) is 36.6 Å². The molecule has 2 N–H and O–H groups in total. The predicted octanol–water partition coefficient (Wildman–Crippen LogP) is 2.88. The quantitative estimate of drug-likeness (QED) is 0.481. The van der Waals surface area contributed by atoms with E-state index < -0.39 is 10.0 Å². The van der Waals surface area contributed by atoms with Crippen molar-refractivity contribution in [2.45, 2.75) is 42.0 Å². The minimum atomic E-state index is -3.64. The SMILES string of the molecule is CCN(CC)S(=O)(=O)c1ccc(OC)c(NC(=O)CSc2nnc(NC3CC3)s2)c1. The first-order valence-corrected chi connectivity index (χ1v) is 12.8. The summed E-state index contributed by atoms with van der Waals surface area (Å²) < 4.78 is 32.9. The molecular formula is C18H25N5O4S3. The van der Waals surface area contributed by atoms with Crippen LogP contribution in [0.15, 0.2) is 27.4 Å². The Morgan fingerprint density at radius 1 is 1.30 bits per heavy atom. The maximum Gasteiger partial charge on any atom is 0.243 e. The highest BCUT2D eigenvalue weighted by Crippen LogP contribution is 2.31. The number of nitrogens with one attached hydrogen (secondary N) is 2. The number of aromatic nitrogens is 2. The third-order valence-electron chi connectivity index (χ3n) is 4.43. The average molecular weight is 472 g/mol. The predicted molar refractivity (Wildman–Crippen MR) is 119 cm³/mol. The number of ether oxygens (including phenoxy) is 1. The number of rotatable bonds is 11. The van der Waals surface area contributed by atoms with Crippen molar-refractivity contribution in [3.63, 3.8) is 0 Å². The van der Waals surface area contributed by atoms with E-state index in [1.54, 1.807) is 19.9 Å². The Morgan fingerprint density at radius 2 is 2.03 bits per heavy atom. The number of amides is 1. The fourth-order valence-electron chi connectivity index (χ4n) is 2.70. The minimum Gasteiger partial charge on any atom is -0.495 e. The average Bonchev–Trinajstić information content (AvgIpc) is 3.43. The third kappa shape index (κ3) is 5.62. The van der Waals surface area contributed by atoms with E-state index in [0.717, 1.165) is 18.0 Å². The van der Waals surface area contributed by atoms with E-state index in [1.807, 2.05) is 0 Å². The molecule has 30 heavy (non-hydrogen) atoms. The number of nitrogens with zero attached hydrogens (tertiary/aromatic N) is 3. The molecule has 3 rings (SSSR count). The summed E-state index contributed by atoms with van der Waals surface area (Å²) in [5.74, 6) is 0.218. The van der Waals surface area contributed by atoms with Gasteiger partial charge in [0.05, 0.1) is 23.4 Å². The number of benzene rings is 1. The Kier molecular flexibility index (Phi) is 7.55. The molecule has 1 aromatic heterocycles. The Labute approximate surface area is 184 Å². The summed E-state index contributed by atoms with van der Waals surface area (Å²) in [6.45, 7) is 4.29. The van der Waals surface area contributed by atoms with Crippen molar-refractivity contribution in [1.29, 1.82) is 0 Å². The maximum absolute atomic E-state index is 12.8. The fraction of sp³-hybridized carbons (Fsp3) is 0.500. The topological polar surface area (TPSA) is 114 Å².